The summed E-state index contributed by atoms with van der Waals surface area (Å²) in [4.78, 5) is 15.4. The predicted molar refractivity (Wildman–Crippen MR) is 55.5 cm³/mol. The van der Waals surface area contributed by atoms with Gasteiger partial charge in [0.15, 0.2) is 0 Å². The molecule has 0 aliphatic carbocycles. The lowest BCUT2D eigenvalue weighted by Gasteiger charge is -2.29. The number of hydrogen-bond acceptors (Lipinski definition) is 5. The molecule has 0 aromatic heterocycles. The minimum absolute atomic E-state index is 0.461. The minimum Gasteiger partial charge on any atom is -0.368 e. The van der Waals surface area contributed by atoms with Crippen molar-refractivity contribution in [1.29, 1.82) is 0 Å². The quantitative estimate of drug-likeness (QED) is 0.530. The van der Waals surface area contributed by atoms with Crippen LogP contribution in [0.4, 0.5) is 4.79 Å². The Balaban J connectivity index is 2.60. The van der Waals surface area contributed by atoms with E-state index in [1.165, 1.54) is 7.05 Å². The number of hydrogen-bond donors (Lipinski definition) is 1. The monoisotopic (exact) mass is 218 g/mol. The van der Waals surface area contributed by atoms with Crippen LogP contribution >= 0.6 is 11.8 Å². The Bertz CT molecular complexity index is 253. The molecule has 1 amide bonds. The number of oxime groups is 1. The molecule has 0 unspecified atom stereocenters. The summed E-state index contributed by atoms with van der Waals surface area (Å²) in [6.45, 7) is 4.48. The number of carbonyl (C=O) groups excluding carboxylic acids is 1. The molecule has 5 nitrogen and oxygen atoms in total. The van der Waals surface area contributed by atoms with E-state index in [2.05, 4.69) is 15.3 Å². The maximum absolute atomic E-state index is 10.8. The zero-order valence-corrected chi connectivity index (χ0v) is 9.31. The van der Waals surface area contributed by atoms with Crippen LogP contribution in [0.2, 0.25) is 0 Å². The molecular weight excluding hydrogens is 204 g/mol. The molecule has 1 aliphatic rings. The first-order chi connectivity index (χ1) is 6.56. The van der Waals surface area contributed by atoms with Crippen molar-refractivity contribution in [2.24, 2.45) is 5.16 Å². The summed E-state index contributed by atoms with van der Waals surface area (Å²) < 4.78 is 5.48. The molecule has 0 aromatic rings. The highest BCUT2D eigenvalue weighted by atomic mass is 32.2. The molecule has 1 heterocycles. The van der Waals surface area contributed by atoms with Gasteiger partial charge in [-0.2, -0.15) is 0 Å². The standard InChI is InChI=1S/C8H14N2O3S/c1-8(2)6(14-5-4-12-8)10-13-7(11)9-3/h4-5H2,1-3H3,(H,9,11)/b10-6-. The molecule has 0 saturated carbocycles. The number of thioether (sulfide) groups is 1. The molecule has 1 rings (SSSR count). The van der Waals surface area contributed by atoms with Gasteiger partial charge in [-0.15, -0.1) is 11.8 Å². The summed E-state index contributed by atoms with van der Waals surface area (Å²) in [6, 6.07) is 0. The molecule has 1 N–H and O–H groups in total. The summed E-state index contributed by atoms with van der Waals surface area (Å²) in [5, 5.41) is 6.75. The second kappa shape index (κ2) is 4.65. The highest BCUT2D eigenvalue weighted by Crippen LogP contribution is 2.26. The normalized spacial score (nSPS) is 23.2. The van der Waals surface area contributed by atoms with Crippen molar-refractivity contribution in [3.05, 3.63) is 0 Å². The summed E-state index contributed by atoms with van der Waals surface area (Å²) in [6.07, 6.45) is -0.570. The summed E-state index contributed by atoms with van der Waals surface area (Å²) >= 11 is 1.54. The average Bonchev–Trinajstić information content (AvgIpc) is 2.15. The van der Waals surface area contributed by atoms with E-state index in [1.54, 1.807) is 11.8 Å². The van der Waals surface area contributed by atoms with Crippen molar-refractivity contribution in [2.45, 2.75) is 19.4 Å². The van der Waals surface area contributed by atoms with Crippen molar-refractivity contribution in [2.75, 3.05) is 19.4 Å². The predicted octanol–water partition coefficient (Wildman–Crippen LogP) is 1.20. The smallest absolute Gasteiger partial charge is 0.368 e. The van der Waals surface area contributed by atoms with Crippen LogP contribution in [-0.4, -0.2) is 36.1 Å². The molecule has 80 valence electrons. The summed E-state index contributed by atoms with van der Waals surface area (Å²) in [5.41, 5.74) is -0.461. The van der Waals surface area contributed by atoms with E-state index in [1.807, 2.05) is 13.8 Å². The molecular formula is C8H14N2O3S. The maximum Gasteiger partial charge on any atom is 0.433 e. The van der Waals surface area contributed by atoms with Crippen LogP contribution in [0.5, 0.6) is 0 Å². The second-order valence-corrected chi connectivity index (χ2v) is 4.32. The molecule has 14 heavy (non-hydrogen) atoms. The van der Waals surface area contributed by atoms with Gasteiger partial charge < -0.3 is 10.1 Å². The fourth-order valence-electron chi connectivity index (χ4n) is 0.936. The molecule has 1 aliphatic heterocycles. The van der Waals surface area contributed by atoms with Gasteiger partial charge >= 0.3 is 6.09 Å². The third-order valence-corrected chi connectivity index (χ3v) is 2.93. The van der Waals surface area contributed by atoms with Gasteiger partial charge in [0.2, 0.25) is 0 Å². The van der Waals surface area contributed by atoms with E-state index >= 15 is 0 Å². The van der Waals surface area contributed by atoms with E-state index in [-0.39, 0.29) is 0 Å². The van der Waals surface area contributed by atoms with Crippen molar-refractivity contribution in [1.82, 2.24) is 5.32 Å². The zero-order chi connectivity index (χ0) is 10.6. The lowest BCUT2D eigenvalue weighted by atomic mass is 10.1. The van der Waals surface area contributed by atoms with Crippen LogP contribution in [0, 0.1) is 0 Å². The Morgan fingerprint density at radius 1 is 1.71 bits per heavy atom. The number of carbonyl (C=O) groups is 1. The third kappa shape index (κ3) is 2.88. The van der Waals surface area contributed by atoms with E-state index in [9.17, 15) is 4.79 Å². The molecule has 0 spiro atoms. The number of rotatable bonds is 1. The fourth-order valence-corrected chi connectivity index (χ4v) is 1.79. The Morgan fingerprint density at radius 3 is 3.00 bits per heavy atom. The first-order valence-corrected chi connectivity index (χ1v) is 5.29. The van der Waals surface area contributed by atoms with E-state index in [0.717, 1.165) is 5.75 Å². The molecule has 0 atom stereocenters. The Kier molecular flexibility index (Phi) is 3.77. The SMILES string of the molecule is CNC(=O)O/N=C1\SCCOC1(C)C. The number of nitrogens with one attached hydrogen (secondary N) is 1. The highest BCUT2D eigenvalue weighted by Gasteiger charge is 2.31. The van der Waals surface area contributed by atoms with Gasteiger partial charge in [-0.25, -0.2) is 4.79 Å². The van der Waals surface area contributed by atoms with Gasteiger partial charge in [0.25, 0.3) is 0 Å². The first-order valence-electron chi connectivity index (χ1n) is 4.30. The van der Waals surface area contributed by atoms with Gasteiger partial charge in [0, 0.05) is 12.8 Å². The van der Waals surface area contributed by atoms with Gasteiger partial charge in [-0.1, -0.05) is 5.16 Å². The zero-order valence-electron chi connectivity index (χ0n) is 8.49. The van der Waals surface area contributed by atoms with Crippen molar-refractivity contribution < 1.29 is 14.4 Å². The minimum atomic E-state index is -0.570. The molecule has 1 saturated heterocycles. The van der Waals surface area contributed by atoms with E-state index in [0.29, 0.717) is 11.7 Å². The number of nitrogens with zero attached hydrogens (tertiary/aromatic N) is 1. The maximum atomic E-state index is 10.8. The summed E-state index contributed by atoms with van der Waals surface area (Å²) in [7, 11) is 1.48. The van der Waals surface area contributed by atoms with Gasteiger partial charge in [0.05, 0.1) is 6.61 Å². The second-order valence-electron chi connectivity index (χ2n) is 3.23. The van der Waals surface area contributed by atoms with E-state index in [4.69, 9.17) is 4.74 Å². The molecule has 0 aromatic carbocycles. The largest absolute Gasteiger partial charge is 0.433 e. The van der Waals surface area contributed by atoms with Crippen LogP contribution in [0.3, 0.4) is 0 Å². The molecule has 0 radical (unpaired) electrons. The summed E-state index contributed by atoms with van der Waals surface area (Å²) in [5.74, 6) is 0.833. The van der Waals surface area contributed by atoms with Crippen LogP contribution in [0.25, 0.3) is 0 Å². The van der Waals surface area contributed by atoms with Gasteiger partial charge in [-0.05, 0) is 13.8 Å². The van der Waals surface area contributed by atoms with Crippen LogP contribution in [0.15, 0.2) is 5.16 Å². The van der Waals surface area contributed by atoms with Crippen LogP contribution < -0.4 is 5.32 Å². The highest BCUT2D eigenvalue weighted by molar-refractivity contribution is 8.14. The number of amides is 1. The lowest BCUT2D eigenvalue weighted by Crippen LogP contribution is -2.38. The van der Waals surface area contributed by atoms with Crippen molar-refractivity contribution >= 4 is 22.9 Å². The third-order valence-electron chi connectivity index (χ3n) is 1.72. The molecule has 6 heteroatoms. The van der Waals surface area contributed by atoms with Gasteiger partial charge in [-0.3, -0.25) is 4.84 Å². The van der Waals surface area contributed by atoms with Crippen molar-refractivity contribution in [3.8, 4) is 0 Å². The fraction of sp³-hybridized carbons (Fsp3) is 0.750. The molecule has 0 bridgehead atoms. The average molecular weight is 218 g/mol. The topological polar surface area (TPSA) is 59.9 Å². The molecule has 1 fully saturated rings. The Labute approximate surface area is 87.2 Å². The van der Waals surface area contributed by atoms with Gasteiger partial charge in [0.1, 0.15) is 10.6 Å². The van der Waals surface area contributed by atoms with Crippen LogP contribution in [0.1, 0.15) is 13.8 Å². The van der Waals surface area contributed by atoms with Crippen molar-refractivity contribution in [3.63, 3.8) is 0 Å². The number of ether oxygens (including phenoxy) is 1. The lowest BCUT2D eigenvalue weighted by molar-refractivity contribution is 0.0420. The Hall–Kier alpha value is -0.750. The van der Waals surface area contributed by atoms with E-state index < -0.39 is 11.7 Å². The van der Waals surface area contributed by atoms with Crippen LogP contribution in [-0.2, 0) is 9.57 Å². The first kappa shape index (κ1) is 11.3. The Morgan fingerprint density at radius 2 is 2.43 bits per heavy atom.